The predicted molar refractivity (Wildman–Crippen MR) is 74.2 cm³/mol. The van der Waals surface area contributed by atoms with Crippen LogP contribution >= 0.6 is 0 Å². The largest absolute Gasteiger partial charge is 0.300 e. The van der Waals surface area contributed by atoms with Gasteiger partial charge in [-0.25, -0.2) is 0 Å². The summed E-state index contributed by atoms with van der Waals surface area (Å²) in [5.41, 5.74) is -0.268. The van der Waals surface area contributed by atoms with Gasteiger partial charge in [-0.3, -0.25) is 5.32 Å². The fourth-order valence-electron chi connectivity index (χ4n) is 3.44. The number of likely N-dealkylation sites (tertiary alicyclic amines) is 1. The van der Waals surface area contributed by atoms with Gasteiger partial charge in [0.15, 0.2) is 0 Å². The van der Waals surface area contributed by atoms with Gasteiger partial charge < -0.3 is 4.90 Å². The topological polar surface area (TPSA) is 39.1 Å². The first-order valence-electron chi connectivity index (χ1n) is 7.62. The zero-order valence-corrected chi connectivity index (χ0v) is 11.9. The van der Waals surface area contributed by atoms with Crippen LogP contribution in [0.3, 0.4) is 0 Å². The second-order valence-electron chi connectivity index (χ2n) is 6.07. The molecule has 1 saturated carbocycles. The van der Waals surface area contributed by atoms with Crippen LogP contribution < -0.4 is 5.32 Å². The summed E-state index contributed by atoms with van der Waals surface area (Å²) in [6, 6.07) is 2.60. The van der Waals surface area contributed by atoms with Gasteiger partial charge in [0.1, 0.15) is 5.54 Å². The third-order valence-electron chi connectivity index (χ3n) is 4.51. The molecule has 1 N–H and O–H groups in total. The molecule has 0 aromatic carbocycles. The van der Waals surface area contributed by atoms with Gasteiger partial charge in [0.2, 0.25) is 0 Å². The first-order valence-corrected chi connectivity index (χ1v) is 7.62. The van der Waals surface area contributed by atoms with Crippen LogP contribution in [0.2, 0.25) is 0 Å². The summed E-state index contributed by atoms with van der Waals surface area (Å²) in [4.78, 5) is 2.52. The summed E-state index contributed by atoms with van der Waals surface area (Å²) in [6.45, 7) is 8.60. The Labute approximate surface area is 112 Å². The lowest BCUT2D eigenvalue weighted by molar-refractivity contribution is 0.223. The van der Waals surface area contributed by atoms with E-state index in [1.807, 2.05) is 0 Å². The molecule has 18 heavy (non-hydrogen) atoms. The Morgan fingerprint density at radius 3 is 2.67 bits per heavy atom. The molecular weight excluding hydrogens is 222 g/mol. The van der Waals surface area contributed by atoms with E-state index in [-0.39, 0.29) is 5.54 Å². The highest BCUT2D eigenvalue weighted by Crippen LogP contribution is 2.40. The Morgan fingerprint density at radius 2 is 2.11 bits per heavy atom. The molecule has 2 unspecified atom stereocenters. The van der Waals surface area contributed by atoms with Crippen LogP contribution in [-0.4, -0.2) is 36.6 Å². The van der Waals surface area contributed by atoms with Crippen molar-refractivity contribution in [3.63, 3.8) is 0 Å². The summed E-state index contributed by atoms with van der Waals surface area (Å²) < 4.78 is 0. The Balaban J connectivity index is 1.91. The third-order valence-corrected chi connectivity index (χ3v) is 4.51. The number of nitrogens with one attached hydrogen (secondary N) is 1. The summed E-state index contributed by atoms with van der Waals surface area (Å²) in [6.07, 6.45) is 6.42. The van der Waals surface area contributed by atoms with E-state index in [0.717, 1.165) is 19.0 Å². The van der Waals surface area contributed by atoms with Gasteiger partial charge in [0, 0.05) is 13.1 Å². The van der Waals surface area contributed by atoms with Crippen LogP contribution in [0.5, 0.6) is 0 Å². The maximum Gasteiger partial charge on any atom is 0.122 e. The maximum absolute atomic E-state index is 9.61. The molecule has 0 spiro atoms. The van der Waals surface area contributed by atoms with E-state index >= 15 is 0 Å². The van der Waals surface area contributed by atoms with Crippen molar-refractivity contribution < 1.29 is 0 Å². The first-order chi connectivity index (χ1) is 8.74. The highest BCUT2D eigenvalue weighted by atomic mass is 15.2. The summed E-state index contributed by atoms with van der Waals surface area (Å²) >= 11 is 0. The highest BCUT2D eigenvalue weighted by Gasteiger charge is 2.46. The molecule has 0 aromatic rings. The number of rotatable bonds is 7. The van der Waals surface area contributed by atoms with E-state index in [2.05, 4.69) is 30.1 Å². The lowest BCUT2D eigenvalue weighted by Gasteiger charge is -2.32. The Hall–Kier alpha value is -0.590. The molecule has 1 aliphatic carbocycles. The molecule has 1 saturated heterocycles. The number of hydrogen-bond acceptors (Lipinski definition) is 3. The van der Waals surface area contributed by atoms with Crippen LogP contribution in [0.15, 0.2) is 0 Å². The van der Waals surface area contributed by atoms with Crippen molar-refractivity contribution in [3.05, 3.63) is 0 Å². The van der Waals surface area contributed by atoms with Crippen LogP contribution in [-0.2, 0) is 0 Å². The normalized spacial score (nSPS) is 27.9. The minimum atomic E-state index is -0.268. The van der Waals surface area contributed by atoms with Gasteiger partial charge in [0.25, 0.3) is 0 Å². The van der Waals surface area contributed by atoms with Crippen LogP contribution in [0.1, 0.15) is 46.0 Å². The van der Waals surface area contributed by atoms with Gasteiger partial charge in [0.05, 0.1) is 6.07 Å². The van der Waals surface area contributed by atoms with E-state index in [4.69, 9.17) is 0 Å². The number of likely N-dealkylation sites (N-methyl/N-ethyl adjacent to an activating group) is 1. The van der Waals surface area contributed by atoms with Crippen LogP contribution in [0, 0.1) is 23.2 Å². The van der Waals surface area contributed by atoms with E-state index in [9.17, 15) is 5.26 Å². The summed E-state index contributed by atoms with van der Waals surface area (Å²) in [5.74, 6) is 1.46. The fraction of sp³-hybridized carbons (Fsp3) is 0.933. The fourth-order valence-corrected chi connectivity index (χ4v) is 3.44. The Kier molecular flexibility index (Phi) is 4.64. The summed E-state index contributed by atoms with van der Waals surface area (Å²) in [7, 11) is 0. The molecule has 1 heterocycles. The monoisotopic (exact) mass is 249 g/mol. The average molecular weight is 249 g/mol. The molecule has 0 radical (unpaired) electrons. The molecule has 3 heteroatoms. The molecule has 0 amide bonds. The lowest BCUT2D eigenvalue weighted by Crippen LogP contribution is -2.54. The van der Waals surface area contributed by atoms with E-state index < -0.39 is 0 Å². The molecular formula is C15H27N3. The number of nitrogens with zero attached hydrogens (tertiary/aromatic N) is 2. The Bertz CT molecular complexity index is 305. The second-order valence-corrected chi connectivity index (χ2v) is 6.07. The number of hydrogen-bond donors (Lipinski definition) is 1. The molecule has 3 nitrogen and oxygen atoms in total. The van der Waals surface area contributed by atoms with Crippen molar-refractivity contribution >= 4 is 0 Å². The minimum Gasteiger partial charge on any atom is -0.300 e. The van der Waals surface area contributed by atoms with Crippen molar-refractivity contribution in [1.82, 2.24) is 10.2 Å². The van der Waals surface area contributed by atoms with E-state index in [1.54, 1.807) is 0 Å². The van der Waals surface area contributed by atoms with Gasteiger partial charge in [-0.1, -0.05) is 20.3 Å². The standard InChI is InChI=1S/C15H27N3/c1-3-5-13-8-9-18(10-13)12-15(11-16,17-4-2)14-6-7-14/h13-14,17H,3-10,12H2,1-2H3. The molecule has 1 aliphatic heterocycles. The minimum absolute atomic E-state index is 0.268. The van der Waals surface area contributed by atoms with Crippen molar-refractivity contribution in [1.29, 1.82) is 5.26 Å². The smallest absolute Gasteiger partial charge is 0.122 e. The molecule has 0 aromatic heterocycles. The molecule has 0 bridgehead atoms. The second kappa shape index (κ2) is 6.04. The zero-order chi connectivity index (χ0) is 13.0. The van der Waals surface area contributed by atoms with Crippen molar-refractivity contribution in [2.24, 2.45) is 11.8 Å². The Morgan fingerprint density at radius 1 is 1.33 bits per heavy atom. The van der Waals surface area contributed by atoms with Gasteiger partial charge >= 0.3 is 0 Å². The van der Waals surface area contributed by atoms with Crippen LogP contribution in [0.4, 0.5) is 0 Å². The van der Waals surface area contributed by atoms with Crippen molar-refractivity contribution in [3.8, 4) is 6.07 Å². The quantitative estimate of drug-likeness (QED) is 0.753. The SMILES string of the molecule is CCCC1CCN(CC(C#N)(NCC)C2CC2)C1. The van der Waals surface area contributed by atoms with Crippen LogP contribution in [0.25, 0.3) is 0 Å². The molecule has 2 fully saturated rings. The average Bonchev–Trinajstić information content (AvgIpc) is 3.13. The van der Waals surface area contributed by atoms with Gasteiger partial charge in [-0.15, -0.1) is 0 Å². The maximum atomic E-state index is 9.61. The van der Waals surface area contributed by atoms with Gasteiger partial charge in [-0.05, 0) is 50.6 Å². The van der Waals surface area contributed by atoms with E-state index in [0.29, 0.717) is 5.92 Å². The molecule has 2 rings (SSSR count). The first kappa shape index (κ1) is 13.8. The van der Waals surface area contributed by atoms with E-state index in [1.165, 1.54) is 45.2 Å². The third kappa shape index (κ3) is 3.05. The molecule has 2 aliphatic rings. The molecule has 2 atom stereocenters. The predicted octanol–water partition coefficient (Wildman–Crippen LogP) is 2.39. The van der Waals surface area contributed by atoms with Crippen molar-refractivity contribution in [2.45, 2.75) is 51.5 Å². The van der Waals surface area contributed by atoms with Crippen molar-refractivity contribution in [2.75, 3.05) is 26.2 Å². The molecule has 102 valence electrons. The number of nitriles is 1. The highest BCUT2D eigenvalue weighted by molar-refractivity contribution is 5.16. The zero-order valence-electron chi connectivity index (χ0n) is 11.9. The summed E-state index contributed by atoms with van der Waals surface area (Å²) in [5, 5.41) is 13.1. The lowest BCUT2D eigenvalue weighted by atomic mass is 9.94. The van der Waals surface area contributed by atoms with Gasteiger partial charge in [-0.2, -0.15) is 5.26 Å².